The van der Waals surface area contributed by atoms with E-state index in [9.17, 15) is 21.6 Å². The predicted octanol–water partition coefficient (Wildman–Crippen LogP) is 4.48. The first-order chi connectivity index (χ1) is 12.7. The molecule has 4 nitrogen and oxygen atoms in total. The van der Waals surface area contributed by atoms with Gasteiger partial charge in [-0.1, -0.05) is 55.5 Å². The molecular weight excluding hydrogens is 403 g/mol. The smallest absolute Gasteiger partial charge is 0.374 e. The van der Waals surface area contributed by atoms with Crippen LogP contribution in [0.4, 0.5) is 13.2 Å². The molecule has 0 spiro atoms. The van der Waals surface area contributed by atoms with Crippen molar-refractivity contribution in [3.8, 4) is 17.6 Å². The Balaban J connectivity index is 1.83. The molecule has 27 heavy (non-hydrogen) atoms. The van der Waals surface area contributed by atoms with Crippen LogP contribution in [-0.4, -0.2) is 27.0 Å². The molecule has 1 aromatic carbocycles. The van der Waals surface area contributed by atoms with Crippen LogP contribution in [0.2, 0.25) is 5.02 Å². The third kappa shape index (κ3) is 6.91. The van der Waals surface area contributed by atoms with Gasteiger partial charge in [-0.2, -0.15) is 21.6 Å². The Bertz CT molecular complexity index is 794. The van der Waals surface area contributed by atoms with E-state index in [0.717, 1.165) is 24.9 Å². The zero-order valence-corrected chi connectivity index (χ0v) is 16.2. The van der Waals surface area contributed by atoms with E-state index in [-0.39, 0.29) is 5.02 Å². The average molecular weight is 424 g/mol. The van der Waals surface area contributed by atoms with Gasteiger partial charge in [0.1, 0.15) is 0 Å². The van der Waals surface area contributed by atoms with Crippen molar-refractivity contribution >= 4 is 21.7 Å². The molecule has 1 aliphatic carbocycles. The number of rotatable bonds is 6. The van der Waals surface area contributed by atoms with Gasteiger partial charge < -0.3 is 9.50 Å². The van der Waals surface area contributed by atoms with Gasteiger partial charge in [-0.05, 0) is 37.1 Å². The summed E-state index contributed by atoms with van der Waals surface area (Å²) in [6, 6.07) is 3.66. The molecule has 0 unspecified atom stereocenters. The summed E-state index contributed by atoms with van der Waals surface area (Å²) in [4.78, 5) is 0. The van der Waals surface area contributed by atoms with Gasteiger partial charge >= 0.3 is 15.6 Å². The molecule has 0 bridgehead atoms. The second-order valence-corrected chi connectivity index (χ2v) is 8.34. The number of alkyl halides is 3. The van der Waals surface area contributed by atoms with E-state index < -0.39 is 21.4 Å². The van der Waals surface area contributed by atoms with Crippen LogP contribution in [0.5, 0.6) is 5.75 Å². The van der Waals surface area contributed by atoms with Crippen LogP contribution in [0.25, 0.3) is 0 Å². The summed E-state index contributed by atoms with van der Waals surface area (Å²) in [5.74, 6) is 5.92. The van der Waals surface area contributed by atoms with Gasteiger partial charge in [0.2, 0.25) is 0 Å². The molecule has 1 aliphatic rings. The van der Waals surface area contributed by atoms with Crippen LogP contribution in [0.3, 0.4) is 0 Å². The molecule has 150 valence electrons. The second kappa shape index (κ2) is 9.67. The lowest BCUT2D eigenvalue weighted by Gasteiger charge is -2.21. The Labute approximate surface area is 162 Å². The first-order valence-electron chi connectivity index (χ1n) is 8.69. The zero-order valence-electron chi connectivity index (χ0n) is 14.6. The highest BCUT2D eigenvalue weighted by Crippen LogP contribution is 2.31. The molecule has 1 aromatic rings. The van der Waals surface area contributed by atoms with Gasteiger partial charge in [-0.3, -0.25) is 0 Å². The lowest BCUT2D eigenvalue weighted by atomic mass is 9.87. The maximum Gasteiger partial charge on any atom is 0.534 e. The standard InChI is InChI=1S/C18H21ClF3NO3S/c19-16-13-15(8-9-17(16)26-27(24,25)18(20,21)22)7-4-11-23-12-10-14-5-2-1-3-6-14/h8-9,13-14,23H,1-3,5-6,10-12H2. The number of nitrogens with one attached hydrogen (secondary N) is 1. The van der Waals surface area contributed by atoms with Gasteiger partial charge in [0.15, 0.2) is 5.75 Å². The van der Waals surface area contributed by atoms with Crippen LogP contribution in [-0.2, 0) is 10.1 Å². The Morgan fingerprint density at radius 3 is 2.56 bits per heavy atom. The highest BCUT2D eigenvalue weighted by molar-refractivity contribution is 7.88. The van der Waals surface area contributed by atoms with Crippen molar-refractivity contribution in [3.05, 3.63) is 28.8 Å². The van der Waals surface area contributed by atoms with Crippen LogP contribution < -0.4 is 9.50 Å². The fourth-order valence-electron chi connectivity index (χ4n) is 2.89. The Morgan fingerprint density at radius 2 is 1.93 bits per heavy atom. The fraction of sp³-hybridized carbons (Fsp3) is 0.556. The zero-order chi connectivity index (χ0) is 19.9. The monoisotopic (exact) mass is 423 g/mol. The summed E-state index contributed by atoms with van der Waals surface area (Å²) in [6.07, 6.45) is 7.69. The molecule has 9 heteroatoms. The maximum atomic E-state index is 12.3. The van der Waals surface area contributed by atoms with E-state index in [0.29, 0.717) is 12.1 Å². The summed E-state index contributed by atoms with van der Waals surface area (Å²) < 4.78 is 63.0. The van der Waals surface area contributed by atoms with Crippen LogP contribution >= 0.6 is 11.6 Å². The number of halogens is 4. The highest BCUT2D eigenvalue weighted by atomic mass is 35.5. The summed E-state index contributed by atoms with van der Waals surface area (Å²) in [7, 11) is -5.75. The van der Waals surface area contributed by atoms with Crippen molar-refractivity contribution in [3.63, 3.8) is 0 Å². The molecule has 0 amide bonds. The molecule has 0 aromatic heterocycles. The van der Waals surface area contributed by atoms with Crippen molar-refractivity contribution in [2.24, 2.45) is 5.92 Å². The normalized spacial score (nSPS) is 15.9. The molecule has 1 fully saturated rings. The van der Waals surface area contributed by atoms with Crippen LogP contribution in [0.1, 0.15) is 44.1 Å². The quantitative estimate of drug-likeness (QED) is 0.317. The number of hydrogen-bond donors (Lipinski definition) is 1. The minimum absolute atomic E-state index is 0.264. The maximum absolute atomic E-state index is 12.3. The van der Waals surface area contributed by atoms with Crippen molar-refractivity contribution in [1.29, 1.82) is 0 Å². The Kier molecular flexibility index (Phi) is 7.83. The second-order valence-electron chi connectivity index (χ2n) is 6.40. The van der Waals surface area contributed by atoms with E-state index in [1.54, 1.807) is 0 Å². The predicted molar refractivity (Wildman–Crippen MR) is 98.0 cm³/mol. The molecule has 1 saturated carbocycles. The van der Waals surface area contributed by atoms with Gasteiger partial charge in [0, 0.05) is 5.56 Å². The minimum Gasteiger partial charge on any atom is -0.374 e. The molecule has 1 N–H and O–H groups in total. The SMILES string of the molecule is O=S(=O)(Oc1ccc(C#CCNCCC2CCCCC2)cc1Cl)C(F)(F)F. The summed E-state index contributed by atoms with van der Waals surface area (Å²) in [6.45, 7) is 1.37. The molecule has 2 rings (SSSR count). The number of benzene rings is 1. The van der Waals surface area contributed by atoms with Gasteiger partial charge in [-0.15, -0.1) is 0 Å². The van der Waals surface area contributed by atoms with E-state index in [2.05, 4.69) is 21.3 Å². The van der Waals surface area contributed by atoms with E-state index in [1.807, 2.05) is 0 Å². The van der Waals surface area contributed by atoms with Crippen LogP contribution in [0, 0.1) is 17.8 Å². The van der Waals surface area contributed by atoms with Crippen molar-refractivity contribution in [2.45, 2.75) is 44.0 Å². The van der Waals surface area contributed by atoms with Crippen molar-refractivity contribution in [2.75, 3.05) is 13.1 Å². The van der Waals surface area contributed by atoms with E-state index >= 15 is 0 Å². The third-order valence-electron chi connectivity index (χ3n) is 4.32. The fourth-order valence-corrected chi connectivity index (χ4v) is 3.63. The number of hydrogen-bond acceptors (Lipinski definition) is 4. The Hall–Kier alpha value is -1.43. The molecule has 0 atom stereocenters. The lowest BCUT2D eigenvalue weighted by molar-refractivity contribution is -0.0500. The topological polar surface area (TPSA) is 55.4 Å². The molecule has 0 aliphatic heterocycles. The summed E-state index contributed by atoms with van der Waals surface area (Å²) in [5, 5.41) is 2.98. The largest absolute Gasteiger partial charge is 0.534 e. The minimum atomic E-state index is -5.75. The molecule has 0 saturated heterocycles. The van der Waals surface area contributed by atoms with Gasteiger partial charge in [0.25, 0.3) is 0 Å². The molecule has 0 radical (unpaired) electrons. The first-order valence-corrected chi connectivity index (χ1v) is 10.5. The molecule has 0 heterocycles. The highest BCUT2D eigenvalue weighted by Gasteiger charge is 2.48. The van der Waals surface area contributed by atoms with Gasteiger partial charge in [-0.25, -0.2) is 0 Å². The third-order valence-corrected chi connectivity index (χ3v) is 5.58. The summed E-state index contributed by atoms with van der Waals surface area (Å²) >= 11 is 5.79. The van der Waals surface area contributed by atoms with Crippen molar-refractivity contribution < 1.29 is 25.8 Å². The van der Waals surface area contributed by atoms with Crippen LogP contribution in [0.15, 0.2) is 18.2 Å². The molecular formula is C18H21ClF3NO3S. The van der Waals surface area contributed by atoms with Crippen molar-refractivity contribution in [1.82, 2.24) is 5.32 Å². The first kappa shape index (κ1) is 21.9. The lowest BCUT2D eigenvalue weighted by Crippen LogP contribution is -2.28. The van der Waals surface area contributed by atoms with E-state index in [1.165, 1.54) is 44.2 Å². The summed E-state index contributed by atoms with van der Waals surface area (Å²) in [5.41, 5.74) is -5.07. The van der Waals surface area contributed by atoms with E-state index in [4.69, 9.17) is 11.6 Å². The Morgan fingerprint density at radius 1 is 1.22 bits per heavy atom. The average Bonchev–Trinajstić information content (AvgIpc) is 2.60. The van der Waals surface area contributed by atoms with Gasteiger partial charge in [0.05, 0.1) is 11.6 Å².